The molecule has 174 valence electrons. The predicted molar refractivity (Wildman–Crippen MR) is 136 cm³/mol. The lowest BCUT2D eigenvalue weighted by molar-refractivity contribution is 0.101. The summed E-state index contributed by atoms with van der Waals surface area (Å²) in [5.41, 5.74) is 7.10. The first kappa shape index (κ1) is 23.6. The number of nitrogens with zero attached hydrogens (tertiary/aromatic N) is 2. The lowest BCUT2D eigenvalue weighted by atomic mass is 9.90. The van der Waals surface area contributed by atoms with E-state index in [0.29, 0.717) is 11.6 Å². The molecule has 0 bridgehead atoms. The zero-order chi connectivity index (χ0) is 24.4. The Morgan fingerprint density at radius 3 is 2.38 bits per heavy atom. The van der Waals surface area contributed by atoms with Crippen LogP contribution in [-0.2, 0) is 13.0 Å². The third-order valence-electron chi connectivity index (χ3n) is 5.64. The normalized spacial score (nSPS) is 11.2. The lowest BCUT2D eigenvalue weighted by Gasteiger charge is -2.19. The molecule has 0 aliphatic rings. The first-order chi connectivity index (χ1) is 16.2. The monoisotopic (exact) mass is 473 g/mol. The van der Waals surface area contributed by atoms with E-state index in [-0.39, 0.29) is 12.3 Å². The molecule has 0 aliphatic heterocycles. The molecule has 0 fully saturated rings. The molecule has 2 aromatic heterocycles. The van der Waals surface area contributed by atoms with Gasteiger partial charge in [0, 0.05) is 41.1 Å². The minimum atomic E-state index is -1.07. The molecule has 4 rings (SSSR count). The van der Waals surface area contributed by atoms with Crippen molar-refractivity contribution in [1.82, 2.24) is 15.3 Å². The van der Waals surface area contributed by atoms with Crippen molar-refractivity contribution in [3.05, 3.63) is 70.4 Å². The number of carbonyl (C=O) groups excluding carboxylic acids is 1. The van der Waals surface area contributed by atoms with Gasteiger partial charge in [0.1, 0.15) is 10.7 Å². The number of nitrogens with one attached hydrogen (secondary N) is 1. The summed E-state index contributed by atoms with van der Waals surface area (Å²) in [6, 6.07) is 14.3. The van der Waals surface area contributed by atoms with Crippen LogP contribution < -0.4 is 5.32 Å². The van der Waals surface area contributed by atoms with Crippen molar-refractivity contribution in [1.29, 1.82) is 0 Å². The van der Waals surface area contributed by atoms with Gasteiger partial charge in [-0.3, -0.25) is 9.78 Å². The van der Waals surface area contributed by atoms with Gasteiger partial charge in [0.15, 0.2) is 5.78 Å². The van der Waals surface area contributed by atoms with Gasteiger partial charge in [0.2, 0.25) is 0 Å². The first-order valence-electron chi connectivity index (χ1n) is 11.2. The van der Waals surface area contributed by atoms with Gasteiger partial charge >= 0.3 is 6.09 Å². The molecular formula is C27H27N3O3S. The van der Waals surface area contributed by atoms with Gasteiger partial charge in [-0.25, -0.2) is 9.78 Å². The van der Waals surface area contributed by atoms with Crippen LogP contribution in [0.25, 0.3) is 32.6 Å². The number of aromatic nitrogens is 2. The summed E-state index contributed by atoms with van der Waals surface area (Å²) >= 11 is 1.43. The fourth-order valence-electron chi connectivity index (χ4n) is 4.01. The van der Waals surface area contributed by atoms with E-state index >= 15 is 0 Å². The van der Waals surface area contributed by atoms with E-state index in [1.165, 1.54) is 18.3 Å². The molecule has 2 N–H and O–H groups in total. The van der Waals surface area contributed by atoms with Crippen molar-refractivity contribution in [2.45, 2.75) is 40.7 Å². The Balaban J connectivity index is 2.00. The summed E-state index contributed by atoms with van der Waals surface area (Å²) in [6.45, 7) is 7.98. The zero-order valence-electron chi connectivity index (χ0n) is 19.7. The fourth-order valence-corrected chi connectivity index (χ4v) is 4.87. The molecule has 0 spiro atoms. The molecule has 6 nitrogen and oxygen atoms in total. The molecule has 4 aromatic rings. The standard InChI is InChI=1S/C27H27N3O3S/c1-15(2)11-23-21(13-28-27(32)33)25(18-7-5-16(3)6-8-18)20-12-19(9-10-22(20)29-23)26-30-24(14-34-26)17(4)31/h5-10,12,14-15,28H,11,13H2,1-4H3,(H,32,33). The predicted octanol–water partition coefficient (Wildman–Crippen LogP) is 6.50. The number of benzene rings is 2. The Morgan fingerprint density at radius 2 is 1.76 bits per heavy atom. The molecule has 0 radical (unpaired) electrons. The Labute approximate surface area is 202 Å². The number of hydrogen-bond donors (Lipinski definition) is 2. The van der Waals surface area contributed by atoms with Gasteiger partial charge in [-0.15, -0.1) is 11.3 Å². The van der Waals surface area contributed by atoms with Gasteiger partial charge in [-0.2, -0.15) is 0 Å². The number of amides is 1. The van der Waals surface area contributed by atoms with Gasteiger partial charge in [-0.05, 0) is 48.6 Å². The van der Waals surface area contributed by atoms with Gasteiger partial charge < -0.3 is 10.4 Å². The van der Waals surface area contributed by atoms with E-state index in [0.717, 1.165) is 55.8 Å². The lowest BCUT2D eigenvalue weighted by Crippen LogP contribution is -2.22. The SMILES string of the molecule is CC(=O)c1csc(-c2ccc3nc(CC(C)C)c(CNC(=O)O)c(-c4ccc(C)cc4)c3c2)n1. The maximum absolute atomic E-state index is 11.7. The Bertz CT molecular complexity index is 1370. The van der Waals surface area contributed by atoms with E-state index in [1.54, 1.807) is 5.38 Å². The van der Waals surface area contributed by atoms with Crippen LogP contribution in [-0.4, -0.2) is 27.0 Å². The van der Waals surface area contributed by atoms with Gasteiger partial charge in [0.05, 0.1) is 5.52 Å². The number of rotatable bonds is 7. The van der Waals surface area contributed by atoms with Crippen LogP contribution in [0.4, 0.5) is 4.79 Å². The van der Waals surface area contributed by atoms with E-state index in [2.05, 4.69) is 48.4 Å². The Kier molecular flexibility index (Phi) is 6.75. The average molecular weight is 474 g/mol. The molecule has 1 amide bonds. The highest BCUT2D eigenvalue weighted by Gasteiger charge is 2.19. The second-order valence-corrected chi connectivity index (χ2v) is 9.72. The quantitative estimate of drug-likeness (QED) is 0.299. The number of aryl methyl sites for hydroxylation is 1. The topological polar surface area (TPSA) is 92.2 Å². The number of carboxylic acid groups (broad SMARTS) is 1. The maximum Gasteiger partial charge on any atom is 0.404 e. The smallest absolute Gasteiger partial charge is 0.404 e. The largest absolute Gasteiger partial charge is 0.465 e. The van der Waals surface area contributed by atoms with Crippen LogP contribution in [0, 0.1) is 12.8 Å². The van der Waals surface area contributed by atoms with E-state index in [4.69, 9.17) is 4.98 Å². The highest BCUT2D eigenvalue weighted by Crippen LogP contribution is 2.37. The first-order valence-corrected chi connectivity index (χ1v) is 12.1. The zero-order valence-corrected chi connectivity index (χ0v) is 20.5. The number of Topliss-reactive ketones (excluding diaryl/α,β-unsaturated/α-hetero) is 1. The third-order valence-corrected chi connectivity index (χ3v) is 6.53. The van der Waals surface area contributed by atoms with E-state index < -0.39 is 6.09 Å². The molecule has 7 heteroatoms. The Morgan fingerprint density at radius 1 is 1.06 bits per heavy atom. The van der Waals surface area contributed by atoms with Crippen molar-refractivity contribution in [2.24, 2.45) is 5.92 Å². The molecule has 2 aromatic carbocycles. The summed E-state index contributed by atoms with van der Waals surface area (Å²) < 4.78 is 0. The Hall–Kier alpha value is -3.58. The second-order valence-electron chi connectivity index (χ2n) is 8.86. The highest BCUT2D eigenvalue weighted by molar-refractivity contribution is 7.13. The summed E-state index contributed by atoms with van der Waals surface area (Å²) in [6.07, 6.45) is -0.333. The fraction of sp³-hybridized carbons (Fsp3) is 0.259. The van der Waals surface area contributed by atoms with Crippen molar-refractivity contribution < 1.29 is 14.7 Å². The van der Waals surface area contributed by atoms with Crippen LogP contribution >= 0.6 is 11.3 Å². The van der Waals surface area contributed by atoms with Crippen molar-refractivity contribution >= 4 is 34.1 Å². The molecule has 2 heterocycles. The summed E-state index contributed by atoms with van der Waals surface area (Å²) in [5.74, 6) is 0.296. The van der Waals surface area contributed by atoms with E-state index in [9.17, 15) is 14.7 Å². The van der Waals surface area contributed by atoms with Crippen LogP contribution in [0.1, 0.15) is 48.1 Å². The van der Waals surface area contributed by atoms with Gasteiger partial charge in [0.25, 0.3) is 0 Å². The van der Waals surface area contributed by atoms with Crippen LogP contribution in [0.3, 0.4) is 0 Å². The summed E-state index contributed by atoms with van der Waals surface area (Å²) in [5, 5.41) is 15.3. The number of carbonyl (C=O) groups is 2. The molecule has 0 saturated heterocycles. The number of hydrogen-bond acceptors (Lipinski definition) is 5. The van der Waals surface area contributed by atoms with Crippen LogP contribution in [0.15, 0.2) is 47.8 Å². The molecule has 0 aliphatic carbocycles. The maximum atomic E-state index is 11.7. The van der Waals surface area contributed by atoms with Gasteiger partial charge in [-0.1, -0.05) is 43.7 Å². The molecule has 0 atom stereocenters. The summed E-state index contributed by atoms with van der Waals surface area (Å²) in [4.78, 5) is 32.6. The summed E-state index contributed by atoms with van der Waals surface area (Å²) in [7, 11) is 0. The average Bonchev–Trinajstić information content (AvgIpc) is 3.28. The van der Waals surface area contributed by atoms with Crippen molar-refractivity contribution in [3.8, 4) is 21.7 Å². The minimum absolute atomic E-state index is 0.0642. The minimum Gasteiger partial charge on any atom is -0.465 e. The molecule has 0 saturated carbocycles. The van der Waals surface area contributed by atoms with Crippen molar-refractivity contribution in [2.75, 3.05) is 0 Å². The highest BCUT2D eigenvalue weighted by atomic mass is 32.1. The second kappa shape index (κ2) is 9.73. The third kappa shape index (κ3) is 4.99. The molecule has 34 heavy (non-hydrogen) atoms. The molecular weight excluding hydrogens is 446 g/mol. The number of thiazole rings is 1. The molecule has 0 unspecified atom stereocenters. The van der Waals surface area contributed by atoms with Crippen LogP contribution in [0.5, 0.6) is 0 Å². The number of ketones is 1. The van der Waals surface area contributed by atoms with E-state index in [1.807, 2.05) is 25.1 Å². The number of pyridine rings is 1. The van der Waals surface area contributed by atoms with Crippen molar-refractivity contribution in [3.63, 3.8) is 0 Å². The van der Waals surface area contributed by atoms with Crippen LogP contribution in [0.2, 0.25) is 0 Å². The number of fused-ring (bicyclic) bond motifs is 1.